The van der Waals surface area contributed by atoms with E-state index in [2.05, 4.69) is 50.3 Å². The van der Waals surface area contributed by atoms with Crippen molar-refractivity contribution in [1.82, 2.24) is 20.2 Å². The van der Waals surface area contributed by atoms with Gasteiger partial charge in [0.15, 0.2) is 0 Å². The molecule has 1 saturated heterocycles. The van der Waals surface area contributed by atoms with Crippen LogP contribution in [0.15, 0.2) is 48.1 Å². The van der Waals surface area contributed by atoms with Gasteiger partial charge in [0.1, 0.15) is 10.7 Å². The Bertz CT molecular complexity index is 1060. The van der Waals surface area contributed by atoms with E-state index in [1.165, 1.54) is 28.2 Å². The van der Waals surface area contributed by atoms with Crippen molar-refractivity contribution in [3.63, 3.8) is 0 Å². The van der Waals surface area contributed by atoms with Crippen LogP contribution in [0.2, 0.25) is 0 Å². The zero-order valence-corrected chi connectivity index (χ0v) is 18.6. The number of carbonyl (C=O) groups is 1. The summed E-state index contributed by atoms with van der Waals surface area (Å²) in [6, 6.07) is 10.6. The van der Waals surface area contributed by atoms with Crippen molar-refractivity contribution in [2.75, 3.05) is 38.1 Å². The number of fused-ring (bicyclic) bond motifs is 1. The molecule has 1 aromatic carbocycles. The number of aromatic nitrogens is 2. The van der Waals surface area contributed by atoms with E-state index >= 15 is 0 Å². The third-order valence-electron chi connectivity index (χ3n) is 6.30. The van der Waals surface area contributed by atoms with Crippen LogP contribution in [0.3, 0.4) is 0 Å². The molecule has 0 saturated carbocycles. The molecule has 31 heavy (non-hydrogen) atoms. The topological polar surface area (TPSA) is 61.4 Å². The highest BCUT2D eigenvalue weighted by Crippen LogP contribution is 2.31. The number of nitrogens with zero attached hydrogens (tertiary/aromatic N) is 4. The normalized spacial score (nSPS) is 19.1. The number of anilines is 1. The molecule has 6 nitrogen and oxygen atoms in total. The van der Waals surface area contributed by atoms with Crippen LogP contribution in [-0.4, -0.2) is 60.0 Å². The Morgan fingerprint density at radius 1 is 1.13 bits per heavy atom. The van der Waals surface area contributed by atoms with E-state index in [1.54, 1.807) is 12.4 Å². The number of likely N-dealkylation sites (N-methyl/N-ethyl adjacent to an activating group) is 1. The van der Waals surface area contributed by atoms with Crippen LogP contribution in [-0.2, 0) is 12.8 Å². The first-order valence-electron chi connectivity index (χ1n) is 10.9. The molecule has 160 valence electrons. The van der Waals surface area contributed by atoms with E-state index < -0.39 is 0 Å². The number of hydrogen-bond acceptors (Lipinski definition) is 6. The minimum absolute atomic E-state index is 0.0814. The summed E-state index contributed by atoms with van der Waals surface area (Å²) in [6.07, 6.45) is 6.33. The van der Waals surface area contributed by atoms with Crippen molar-refractivity contribution in [1.29, 1.82) is 0 Å². The van der Waals surface area contributed by atoms with Crippen LogP contribution in [0.1, 0.15) is 28.0 Å². The zero-order valence-electron chi connectivity index (χ0n) is 17.8. The molecule has 2 aliphatic rings. The van der Waals surface area contributed by atoms with Crippen molar-refractivity contribution < 1.29 is 4.79 Å². The number of nitrogens with one attached hydrogen (secondary N) is 1. The fourth-order valence-electron chi connectivity index (χ4n) is 4.50. The third-order valence-corrected chi connectivity index (χ3v) is 7.20. The second kappa shape index (κ2) is 8.77. The summed E-state index contributed by atoms with van der Waals surface area (Å²) in [6.45, 7) is 4.29. The van der Waals surface area contributed by atoms with Crippen molar-refractivity contribution in [3.05, 3.63) is 64.9 Å². The third kappa shape index (κ3) is 4.34. The number of thiazole rings is 1. The van der Waals surface area contributed by atoms with Crippen LogP contribution in [0.25, 0.3) is 10.6 Å². The lowest BCUT2D eigenvalue weighted by Crippen LogP contribution is -2.45. The van der Waals surface area contributed by atoms with Gasteiger partial charge in [0.2, 0.25) is 0 Å². The van der Waals surface area contributed by atoms with Crippen molar-refractivity contribution in [2.45, 2.75) is 25.3 Å². The molecule has 1 amide bonds. The molecule has 1 atom stereocenters. The maximum Gasteiger partial charge on any atom is 0.271 e. The van der Waals surface area contributed by atoms with Gasteiger partial charge < -0.3 is 15.1 Å². The predicted octanol–water partition coefficient (Wildman–Crippen LogP) is 3.24. The van der Waals surface area contributed by atoms with Gasteiger partial charge in [-0.1, -0.05) is 12.1 Å². The second-order valence-corrected chi connectivity index (χ2v) is 9.25. The Hall–Kier alpha value is -2.77. The number of rotatable bonds is 4. The molecule has 0 radical (unpaired) electrons. The molecule has 3 heterocycles. The van der Waals surface area contributed by atoms with Crippen LogP contribution >= 0.6 is 11.3 Å². The van der Waals surface area contributed by atoms with E-state index in [0.29, 0.717) is 5.69 Å². The minimum Gasteiger partial charge on any atom is -0.369 e. The Kier molecular flexibility index (Phi) is 5.70. The number of hydrogen-bond donors (Lipinski definition) is 1. The van der Waals surface area contributed by atoms with Gasteiger partial charge in [-0.25, -0.2) is 4.98 Å². The van der Waals surface area contributed by atoms with E-state index in [-0.39, 0.29) is 11.9 Å². The van der Waals surface area contributed by atoms with E-state index in [9.17, 15) is 4.79 Å². The predicted molar refractivity (Wildman–Crippen MR) is 125 cm³/mol. The first-order valence-corrected chi connectivity index (χ1v) is 11.8. The highest BCUT2D eigenvalue weighted by molar-refractivity contribution is 7.13. The maximum absolute atomic E-state index is 12.9. The SMILES string of the molecule is CN1CCN(c2cccc3c2C[C@H](NC(=O)c2csc(-c4ccncc4)n2)CC3)CC1. The summed E-state index contributed by atoms with van der Waals surface area (Å²) in [5.74, 6) is -0.0814. The average molecular weight is 434 g/mol. The van der Waals surface area contributed by atoms with Crippen LogP contribution in [0.4, 0.5) is 5.69 Å². The highest BCUT2D eigenvalue weighted by atomic mass is 32.1. The molecule has 0 spiro atoms. The highest BCUT2D eigenvalue weighted by Gasteiger charge is 2.26. The largest absolute Gasteiger partial charge is 0.369 e. The van der Waals surface area contributed by atoms with E-state index in [4.69, 9.17) is 0 Å². The summed E-state index contributed by atoms with van der Waals surface area (Å²) in [5, 5.41) is 5.94. The van der Waals surface area contributed by atoms with Crippen molar-refractivity contribution >= 4 is 22.9 Å². The fourth-order valence-corrected chi connectivity index (χ4v) is 5.31. The molecule has 2 aromatic heterocycles. The first-order chi connectivity index (χ1) is 15.2. The fraction of sp³-hybridized carbons (Fsp3) is 0.375. The molecular weight excluding hydrogens is 406 g/mol. The van der Waals surface area contributed by atoms with Crippen molar-refractivity contribution in [2.24, 2.45) is 0 Å². The van der Waals surface area contributed by atoms with Crippen LogP contribution in [0.5, 0.6) is 0 Å². The Labute approximate surface area is 186 Å². The lowest BCUT2D eigenvalue weighted by Gasteiger charge is -2.37. The summed E-state index contributed by atoms with van der Waals surface area (Å²) < 4.78 is 0. The van der Waals surface area contributed by atoms with Gasteiger partial charge in [-0.2, -0.15) is 0 Å². The van der Waals surface area contributed by atoms with Gasteiger partial charge in [-0.3, -0.25) is 9.78 Å². The minimum atomic E-state index is -0.0814. The molecule has 0 bridgehead atoms. The number of benzene rings is 1. The standard InChI is InChI=1S/C24H27N5OS/c1-28-11-13-29(14-12-28)22-4-2-3-17-5-6-19(15-20(17)22)26-23(30)21-16-31-24(27-21)18-7-9-25-10-8-18/h2-4,7-10,16,19H,5-6,11-15H2,1H3,(H,26,30)/t19-/m1/s1. The Balaban J connectivity index is 1.29. The second-order valence-electron chi connectivity index (χ2n) is 8.39. The summed E-state index contributed by atoms with van der Waals surface area (Å²) in [5.41, 5.74) is 5.66. The monoisotopic (exact) mass is 433 g/mol. The molecule has 1 aliphatic carbocycles. The average Bonchev–Trinajstić information content (AvgIpc) is 3.31. The molecule has 1 N–H and O–H groups in total. The van der Waals surface area contributed by atoms with Crippen molar-refractivity contribution in [3.8, 4) is 10.6 Å². The van der Waals surface area contributed by atoms with E-state index in [0.717, 1.165) is 56.0 Å². The zero-order chi connectivity index (χ0) is 21.2. The number of carbonyl (C=O) groups excluding carboxylic acids is 1. The van der Waals surface area contributed by atoms with Gasteiger partial charge in [-0.15, -0.1) is 11.3 Å². The molecule has 7 heteroatoms. The molecule has 1 fully saturated rings. The van der Waals surface area contributed by atoms with Crippen LogP contribution in [0, 0.1) is 0 Å². The first kappa shape index (κ1) is 20.2. The number of amides is 1. The molecule has 5 rings (SSSR count). The van der Waals surface area contributed by atoms with Gasteiger partial charge in [0.05, 0.1) is 0 Å². The summed E-state index contributed by atoms with van der Waals surface area (Å²) >= 11 is 1.49. The van der Waals surface area contributed by atoms with Gasteiger partial charge >= 0.3 is 0 Å². The number of aryl methyl sites for hydroxylation is 1. The lowest BCUT2D eigenvalue weighted by atomic mass is 9.86. The van der Waals surface area contributed by atoms with Gasteiger partial charge in [-0.05, 0) is 55.6 Å². The van der Waals surface area contributed by atoms with E-state index in [1.807, 2.05) is 17.5 Å². The summed E-state index contributed by atoms with van der Waals surface area (Å²) in [7, 11) is 2.18. The molecule has 0 unspecified atom stereocenters. The molecule has 3 aromatic rings. The molecule has 1 aliphatic heterocycles. The number of piperazine rings is 1. The quantitative estimate of drug-likeness (QED) is 0.684. The lowest BCUT2D eigenvalue weighted by molar-refractivity contribution is 0.0929. The summed E-state index contributed by atoms with van der Waals surface area (Å²) in [4.78, 5) is 26.4. The van der Waals surface area contributed by atoms with Crippen LogP contribution < -0.4 is 10.2 Å². The van der Waals surface area contributed by atoms with Gasteiger partial charge in [0.25, 0.3) is 5.91 Å². The smallest absolute Gasteiger partial charge is 0.271 e. The van der Waals surface area contributed by atoms with Gasteiger partial charge in [0, 0.05) is 61.2 Å². The number of pyridine rings is 1. The Morgan fingerprint density at radius 2 is 1.94 bits per heavy atom. The maximum atomic E-state index is 12.9. The molecular formula is C24H27N5OS. The Morgan fingerprint density at radius 3 is 2.74 bits per heavy atom.